The van der Waals surface area contributed by atoms with Crippen LogP contribution < -0.4 is 5.32 Å². The lowest BCUT2D eigenvalue weighted by molar-refractivity contribution is -0.729. The van der Waals surface area contributed by atoms with Crippen molar-refractivity contribution in [2.45, 2.75) is 31.3 Å². The topological polar surface area (TPSA) is 16.6 Å². The number of benzene rings is 1. The van der Waals surface area contributed by atoms with E-state index in [0.29, 0.717) is 6.04 Å². The second-order valence-corrected chi connectivity index (χ2v) is 4.40. The molecule has 1 nitrogen and oxygen atoms in total. The fourth-order valence-electron chi connectivity index (χ4n) is 2.75. The lowest BCUT2D eigenvalue weighted by atomic mass is 9.89. The molecule has 2 N–H and O–H groups in total. The summed E-state index contributed by atoms with van der Waals surface area (Å²) in [4.78, 5) is 0. The molecule has 1 aromatic carbocycles. The molecule has 2 aliphatic heterocycles. The van der Waals surface area contributed by atoms with Crippen LogP contribution in [0.2, 0.25) is 0 Å². The molecule has 0 unspecified atom stereocenters. The smallest absolute Gasteiger partial charge is 0.115 e. The molecule has 2 atom stereocenters. The van der Waals surface area contributed by atoms with E-state index in [1.165, 1.54) is 19.3 Å². The highest BCUT2D eigenvalue weighted by Gasteiger charge is 2.29. The Kier molecular flexibility index (Phi) is 1.91. The summed E-state index contributed by atoms with van der Waals surface area (Å²) < 4.78 is 0. The minimum Gasteiger partial charge on any atom is -0.337 e. The van der Waals surface area contributed by atoms with Gasteiger partial charge in [0, 0.05) is 24.8 Å². The number of hydrogen-bond donors (Lipinski definition) is 1. The maximum atomic E-state index is 2.56. The molecule has 0 saturated carbocycles. The van der Waals surface area contributed by atoms with E-state index in [-0.39, 0.29) is 0 Å². The molecule has 0 aromatic heterocycles. The van der Waals surface area contributed by atoms with Crippen molar-refractivity contribution in [1.82, 2.24) is 0 Å². The number of fused-ring (bicyclic) bond motifs is 4. The summed E-state index contributed by atoms with van der Waals surface area (Å²) in [5.41, 5.74) is 3.14. The van der Waals surface area contributed by atoms with Gasteiger partial charge in [0.15, 0.2) is 0 Å². The van der Waals surface area contributed by atoms with Gasteiger partial charge in [0.1, 0.15) is 6.04 Å². The molecule has 1 aromatic rings. The van der Waals surface area contributed by atoms with Gasteiger partial charge in [-0.25, -0.2) is 0 Å². The number of nitrogens with two attached hydrogens (primary N) is 1. The van der Waals surface area contributed by atoms with Crippen molar-refractivity contribution >= 4 is 0 Å². The van der Waals surface area contributed by atoms with Crippen LogP contribution in [0.1, 0.15) is 30.0 Å². The molecule has 72 valence electrons. The molecule has 2 bridgehead atoms. The standard InChI is InChI=1S/C13H15N/c1-3-7-12-10(5-1)9-11-6-2-4-8-13(12)14-11/h1-5,7,11,13-14H,6,8-9H2/p+1/t11-,13+/m0/s1. The van der Waals surface area contributed by atoms with Crippen molar-refractivity contribution in [3.8, 4) is 0 Å². The van der Waals surface area contributed by atoms with Gasteiger partial charge in [-0.2, -0.15) is 0 Å². The van der Waals surface area contributed by atoms with E-state index in [1.807, 2.05) is 0 Å². The zero-order valence-corrected chi connectivity index (χ0v) is 8.32. The zero-order chi connectivity index (χ0) is 9.38. The summed E-state index contributed by atoms with van der Waals surface area (Å²) in [5.74, 6) is 0. The van der Waals surface area contributed by atoms with Crippen molar-refractivity contribution in [2.24, 2.45) is 0 Å². The van der Waals surface area contributed by atoms with E-state index in [9.17, 15) is 0 Å². The van der Waals surface area contributed by atoms with Gasteiger partial charge in [0.2, 0.25) is 0 Å². The van der Waals surface area contributed by atoms with Crippen LogP contribution in [0.3, 0.4) is 0 Å². The average molecular weight is 186 g/mol. The summed E-state index contributed by atoms with van der Waals surface area (Å²) in [5, 5.41) is 2.56. The number of rotatable bonds is 0. The first-order chi connectivity index (χ1) is 6.93. The number of quaternary nitrogens is 1. The van der Waals surface area contributed by atoms with E-state index < -0.39 is 0 Å². The van der Waals surface area contributed by atoms with Gasteiger partial charge in [0.05, 0.1) is 6.04 Å². The monoisotopic (exact) mass is 186 g/mol. The third kappa shape index (κ3) is 1.28. The second kappa shape index (κ2) is 3.25. The van der Waals surface area contributed by atoms with Gasteiger partial charge in [-0.3, -0.25) is 0 Å². The summed E-state index contributed by atoms with van der Waals surface area (Å²) in [6.45, 7) is 0. The van der Waals surface area contributed by atoms with Crippen LogP contribution in [0.4, 0.5) is 0 Å². The van der Waals surface area contributed by atoms with Gasteiger partial charge >= 0.3 is 0 Å². The SMILES string of the molecule is C1=CC[C@H]2[NH2+][C@@H](C1)Cc1ccccc12. The van der Waals surface area contributed by atoms with Crippen LogP contribution in [-0.4, -0.2) is 6.04 Å². The van der Waals surface area contributed by atoms with E-state index in [2.05, 4.69) is 41.7 Å². The third-order valence-electron chi connectivity index (χ3n) is 3.44. The van der Waals surface area contributed by atoms with Gasteiger partial charge in [-0.1, -0.05) is 36.4 Å². The van der Waals surface area contributed by atoms with E-state index in [1.54, 1.807) is 11.1 Å². The highest BCUT2D eigenvalue weighted by Crippen LogP contribution is 2.25. The van der Waals surface area contributed by atoms with Crippen molar-refractivity contribution in [3.63, 3.8) is 0 Å². The first kappa shape index (κ1) is 8.25. The Morgan fingerprint density at radius 1 is 1.07 bits per heavy atom. The molecule has 2 aliphatic rings. The predicted molar refractivity (Wildman–Crippen MR) is 57.0 cm³/mol. The van der Waals surface area contributed by atoms with Crippen molar-refractivity contribution in [2.75, 3.05) is 0 Å². The molecule has 0 fully saturated rings. The first-order valence-corrected chi connectivity index (χ1v) is 5.51. The Labute approximate surface area is 84.8 Å². The van der Waals surface area contributed by atoms with Crippen LogP contribution >= 0.6 is 0 Å². The molecule has 0 saturated heterocycles. The van der Waals surface area contributed by atoms with Crippen molar-refractivity contribution < 1.29 is 5.32 Å². The highest BCUT2D eigenvalue weighted by atomic mass is 15.0. The van der Waals surface area contributed by atoms with E-state index >= 15 is 0 Å². The first-order valence-electron chi connectivity index (χ1n) is 5.51. The summed E-state index contributed by atoms with van der Waals surface area (Å²) in [6, 6.07) is 10.4. The fraction of sp³-hybridized carbons (Fsp3) is 0.385. The van der Waals surface area contributed by atoms with Crippen LogP contribution in [0.15, 0.2) is 36.4 Å². The Morgan fingerprint density at radius 3 is 2.93 bits per heavy atom. The predicted octanol–water partition coefficient (Wildman–Crippen LogP) is 1.57. The lowest BCUT2D eigenvalue weighted by Crippen LogP contribution is -2.92. The molecule has 3 rings (SSSR count). The van der Waals surface area contributed by atoms with Crippen molar-refractivity contribution in [3.05, 3.63) is 47.5 Å². The Morgan fingerprint density at radius 2 is 1.93 bits per heavy atom. The molecular formula is C13H16N+. The molecule has 0 amide bonds. The summed E-state index contributed by atoms with van der Waals surface area (Å²) in [6.07, 6.45) is 8.39. The zero-order valence-electron chi connectivity index (χ0n) is 8.32. The van der Waals surface area contributed by atoms with Gasteiger partial charge in [-0.15, -0.1) is 0 Å². The summed E-state index contributed by atoms with van der Waals surface area (Å²) >= 11 is 0. The van der Waals surface area contributed by atoms with Gasteiger partial charge in [0.25, 0.3) is 0 Å². The van der Waals surface area contributed by atoms with Crippen LogP contribution in [0.25, 0.3) is 0 Å². The Balaban J connectivity index is 2.05. The Hall–Kier alpha value is -1.08. The normalized spacial score (nSPS) is 29.4. The van der Waals surface area contributed by atoms with Crippen LogP contribution in [0, 0.1) is 0 Å². The summed E-state index contributed by atoms with van der Waals surface area (Å²) in [7, 11) is 0. The van der Waals surface area contributed by atoms with Crippen LogP contribution in [-0.2, 0) is 6.42 Å². The Bertz CT molecular complexity index is 367. The fourth-order valence-corrected chi connectivity index (χ4v) is 2.75. The van der Waals surface area contributed by atoms with Crippen LogP contribution in [0.5, 0.6) is 0 Å². The average Bonchev–Trinajstić information content (AvgIpc) is 2.41. The molecule has 2 heterocycles. The maximum Gasteiger partial charge on any atom is 0.115 e. The van der Waals surface area contributed by atoms with E-state index in [0.717, 1.165) is 6.04 Å². The molecule has 0 spiro atoms. The van der Waals surface area contributed by atoms with Crippen molar-refractivity contribution in [1.29, 1.82) is 0 Å². The minimum absolute atomic E-state index is 0.684. The maximum absolute atomic E-state index is 2.56. The second-order valence-electron chi connectivity index (χ2n) is 4.40. The molecule has 0 radical (unpaired) electrons. The lowest BCUT2D eigenvalue weighted by Gasteiger charge is -2.27. The number of hydrogen-bond acceptors (Lipinski definition) is 0. The van der Waals surface area contributed by atoms with Gasteiger partial charge in [-0.05, 0) is 5.56 Å². The molecular weight excluding hydrogens is 170 g/mol. The molecule has 1 heteroatoms. The third-order valence-corrected chi connectivity index (χ3v) is 3.44. The largest absolute Gasteiger partial charge is 0.337 e. The minimum atomic E-state index is 0.684. The van der Waals surface area contributed by atoms with E-state index in [4.69, 9.17) is 0 Å². The molecule has 14 heavy (non-hydrogen) atoms. The quantitative estimate of drug-likeness (QED) is 0.592. The highest BCUT2D eigenvalue weighted by molar-refractivity contribution is 5.31. The molecule has 0 aliphatic carbocycles. The van der Waals surface area contributed by atoms with Gasteiger partial charge < -0.3 is 5.32 Å².